The fraction of sp³-hybridized carbons (Fsp3) is 0.500. The highest BCUT2D eigenvalue weighted by atomic mass is 19.4. The van der Waals surface area contributed by atoms with E-state index in [0.29, 0.717) is 5.56 Å². The third-order valence-electron chi connectivity index (χ3n) is 5.00. The lowest BCUT2D eigenvalue weighted by Gasteiger charge is -2.25. The number of ether oxygens (including phenoxy) is 2. The van der Waals surface area contributed by atoms with Crippen molar-refractivity contribution in [2.24, 2.45) is 16.7 Å². The number of hydrogen-bond acceptors (Lipinski definition) is 4. The van der Waals surface area contributed by atoms with Crippen LogP contribution in [0.5, 0.6) is 0 Å². The molecule has 4 atom stereocenters. The predicted octanol–water partition coefficient (Wildman–Crippen LogP) is 3.03. The molecule has 1 aliphatic carbocycles. The second-order valence-electron chi connectivity index (χ2n) is 5.94. The van der Waals surface area contributed by atoms with Crippen molar-refractivity contribution in [3.63, 3.8) is 0 Å². The molecule has 1 aliphatic heterocycles. The molecule has 4 nitrogen and oxygen atoms in total. The molecule has 2 fully saturated rings. The summed E-state index contributed by atoms with van der Waals surface area (Å²) in [6, 6.07) is 8.14. The molecule has 1 saturated heterocycles. The van der Waals surface area contributed by atoms with E-state index in [1.54, 1.807) is 30.3 Å². The number of alkyl halides is 3. The minimum Gasteiger partial charge on any atom is -0.465 e. The van der Waals surface area contributed by atoms with Gasteiger partial charge < -0.3 is 9.47 Å². The molecule has 0 bridgehead atoms. The molecule has 124 valence electrons. The van der Waals surface area contributed by atoms with Gasteiger partial charge in [0, 0.05) is 5.92 Å². The zero-order chi connectivity index (χ0) is 17.0. The van der Waals surface area contributed by atoms with Crippen LogP contribution in [0.25, 0.3) is 0 Å². The first-order valence-electron chi connectivity index (χ1n) is 7.22. The van der Waals surface area contributed by atoms with Gasteiger partial charge >= 0.3 is 18.1 Å². The Kier molecular flexibility index (Phi) is 3.25. The number of fused-ring (bicyclic) bond motifs is 1. The average molecular weight is 328 g/mol. The third-order valence-corrected chi connectivity index (χ3v) is 5.00. The first-order chi connectivity index (χ1) is 10.7. The molecule has 0 amide bonds. The number of carbonyl (C=O) groups is 2. The summed E-state index contributed by atoms with van der Waals surface area (Å²) in [7, 11) is 0. The van der Waals surface area contributed by atoms with Gasteiger partial charge in [0.25, 0.3) is 0 Å². The van der Waals surface area contributed by atoms with Crippen LogP contribution in [0.15, 0.2) is 30.3 Å². The minimum atomic E-state index is -4.73. The second-order valence-corrected chi connectivity index (χ2v) is 5.94. The molecular formula is C16H15F3O4. The van der Waals surface area contributed by atoms with E-state index >= 15 is 0 Å². The number of esters is 2. The van der Waals surface area contributed by atoms with Crippen LogP contribution in [0, 0.1) is 16.7 Å². The first-order valence-corrected chi connectivity index (χ1v) is 7.22. The lowest BCUT2D eigenvalue weighted by Crippen LogP contribution is -2.40. The summed E-state index contributed by atoms with van der Waals surface area (Å²) in [6.07, 6.45) is -5.84. The number of rotatable bonds is 3. The molecule has 23 heavy (non-hydrogen) atoms. The second kappa shape index (κ2) is 4.72. The maximum atomic E-state index is 13.6. The van der Waals surface area contributed by atoms with Crippen LogP contribution < -0.4 is 0 Å². The van der Waals surface area contributed by atoms with Crippen molar-refractivity contribution in [1.29, 1.82) is 0 Å². The summed E-state index contributed by atoms with van der Waals surface area (Å²) in [5, 5.41) is 0. The summed E-state index contributed by atoms with van der Waals surface area (Å²) in [4.78, 5) is 24.5. The van der Waals surface area contributed by atoms with Crippen molar-refractivity contribution in [2.75, 3.05) is 6.61 Å². The normalized spacial score (nSPS) is 35.4. The molecule has 1 aromatic carbocycles. The van der Waals surface area contributed by atoms with Gasteiger partial charge in [-0.15, -0.1) is 0 Å². The Labute approximate surface area is 130 Å². The van der Waals surface area contributed by atoms with Gasteiger partial charge in [0.15, 0.2) is 5.41 Å². The Morgan fingerprint density at radius 1 is 1.30 bits per heavy atom. The maximum Gasteiger partial charge on any atom is 0.396 e. The van der Waals surface area contributed by atoms with Crippen molar-refractivity contribution < 1.29 is 32.2 Å². The molecule has 7 heteroatoms. The van der Waals surface area contributed by atoms with Crippen LogP contribution in [0.3, 0.4) is 0 Å². The van der Waals surface area contributed by atoms with Crippen LogP contribution in [0.4, 0.5) is 13.2 Å². The zero-order valence-electron chi connectivity index (χ0n) is 12.5. The molecule has 2 aliphatic rings. The highest BCUT2D eigenvalue weighted by Crippen LogP contribution is 2.82. The van der Waals surface area contributed by atoms with Gasteiger partial charge in [-0.25, -0.2) is 0 Å². The van der Waals surface area contributed by atoms with Gasteiger partial charge in [0.2, 0.25) is 0 Å². The van der Waals surface area contributed by atoms with E-state index in [2.05, 4.69) is 0 Å². The van der Waals surface area contributed by atoms with E-state index in [1.807, 2.05) is 0 Å². The van der Waals surface area contributed by atoms with Gasteiger partial charge in [0.05, 0.1) is 12.0 Å². The van der Waals surface area contributed by atoms with Gasteiger partial charge in [-0.1, -0.05) is 30.3 Å². The average Bonchev–Trinajstić information content (AvgIpc) is 2.93. The number of halogens is 3. The summed E-state index contributed by atoms with van der Waals surface area (Å²) in [5.74, 6) is -3.63. The van der Waals surface area contributed by atoms with Crippen LogP contribution in [0.1, 0.15) is 25.5 Å². The Morgan fingerprint density at radius 2 is 1.91 bits per heavy atom. The molecule has 3 rings (SSSR count). The van der Waals surface area contributed by atoms with Crippen LogP contribution in [0.2, 0.25) is 0 Å². The SMILES string of the molecule is CCOC(=O)[C@@]12C(=O)O[C@@H](c3ccccc3)[C@@H]1[C@@]2(C)C(F)(F)F. The molecule has 1 saturated carbocycles. The van der Waals surface area contributed by atoms with E-state index in [1.165, 1.54) is 6.92 Å². The third kappa shape index (κ3) is 1.73. The summed E-state index contributed by atoms with van der Waals surface area (Å²) < 4.78 is 50.8. The van der Waals surface area contributed by atoms with Crippen molar-refractivity contribution in [1.82, 2.24) is 0 Å². The van der Waals surface area contributed by atoms with E-state index in [-0.39, 0.29) is 6.61 Å². The number of hydrogen-bond donors (Lipinski definition) is 0. The quantitative estimate of drug-likeness (QED) is 0.632. The predicted molar refractivity (Wildman–Crippen MR) is 72.0 cm³/mol. The lowest BCUT2D eigenvalue weighted by molar-refractivity contribution is -0.215. The van der Waals surface area contributed by atoms with E-state index in [4.69, 9.17) is 9.47 Å². The topological polar surface area (TPSA) is 52.6 Å². The molecule has 0 aromatic heterocycles. The van der Waals surface area contributed by atoms with Gasteiger partial charge in [-0.2, -0.15) is 13.2 Å². The standard InChI is InChI=1S/C16H15F3O4/c1-3-22-12(20)15-11(14(15,2)16(17,18)19)10(23-13(15)21)9-7-5-4-6-8-9/h4-8,10-11H,3H2,1-2H3/t10-,11+,14+,15+/m0/s1. The highest BCUT2D eigenvalue weighted by molar-refractivity contribution is 6.08. The largest absolute Gasteiger partial charge is 0.465 e. The van der Waals surface area contributed by atoms with Crippen LogP contribution in [-0.2, 0) is 19.1 Å². The summed E-state index contributed by atoms with van der Waals surface area (Å²) >= 11 is 0. The van der Waals surface area contributed by atoms with Crippen molar-refractivity contribution in [2.45, 2.75) is 26.1 Å². The Bertz CT molecular complexity index is 657. The molecule has 0 N–H and O–H groups in total. The Morgan fingerprint density at radius 3 is 2.43 bits per heavy atom. The molecular weight excluding hydrogens is 313 g/mol. The van der Waals surface area contributed by atoms with E-state index in [0.717, 1.165) is 6.92 Å². The number of carbonyl (C=O) groups excluding carboxylic acids is 2. The number of benzene rings is 1. The van der Waals surface area contributed by atoms with Gasteiger partial charge in [0.1, 0.15) is 6.10 Å². The van der Waals surface area contributed by atoms with Crippen molar-refractivity contribution in [3.05, 3.63) is 35.9 Å². The minimum absolute atomic E-state index is 0.107. The van der Waals surface area contributed by atoms with Gasteiger partial charge in [-0.3, -0.25) is 9.59 Å². The molecule has 0 radical (unpaired) electrons. The van der Waals surface area contributed by atoms with Crippen molar-refractivity contribution >= 4 is 11.9 Å². The molecule has 0 unspecified atom stereocenters. The molecule has 1 heterocycles. The Balaban J connectivity index is 2.10. The van der Waals surface area contributed by atoms with Crippen LogP contribution >= 0.6 is 0 Å². The monoisotopic (exact) mass is 328 g/mol. The van der Waals surface area contributed by atoms with Crippen LogP contribution in [-0.4, -0.2) is 24.7 Å². The Hall–Kier alpha value is -2.05. The first kappa shape index (κ1) is 15.8. The van der Waals surface area contributed by atoms with Gasteiger partial charge in [-0.05, 0) is 19.4 Å². The number of cyclic esters (lactones) is 1. The maximum absolute atomic E-state index is 13.6. The molecule has 1 aromatic rings. The summed E-state index contributed by atoms with van der Waals surface area (Å²) in [5.41, 5.74) is -4.35. The smallest absolute Gasteiger partial charge is 0.396 e. The zero-order valence-corrected chi connectivity index (χ0v) is 12.5. The van der Waals surface area contributed by atoms with Crippen molar-refractivity contribution in [3.8, 4) is 0 Å². The fourth-order valence-corrected chi connectivity index (χ4v) is 3.77. The van der Waals surface area contributed by atoms with E-state index < -0.39 is 41.0 Å². The fourth-order valence-electron chi connectivity index (χ4n) is 3.77. The van der Waals surface area contributed by atoms with E-state index in [9.17, 15) is 22.8 Å². The highest BCUT2D eigenvalue weighted by Gasteiger charge is 2.97. The lowest BCUT2D eigenvalue weighted by atomic mass is 9.93. The summed E-state index contributed by atoms with van der Waals surface area (Å²) in [6.45, 7) is 2.27. The molecule has 0 spiro atoms.